The fourth-order valence-electron chi connectivity index (χ4n) is 1.56. The van der Waals surface area contributed by atoms with Crippen LogP contribution in [0.5, 0.6) is 0 Å². The predicted molar refractivity (Wildman–Crippen MR) is 80.7 cm³/mol. The maximum atomic E-state index is 5.85. The van der Waals surface area contributed by atoms with Gasteiger partial charge < -0.3 is 0 Å². The number of thiophene rings is 1. The van der Waals surface area contributed by atoms with E-state index in [1.54, 1.807) is 23.1 Å². The molecule has 0 saturated heterocycles. The molecule has 6 heteroatoms. The van der Waals surface area contributed by atoms with Gasteiger partial charge in [-0.3, -0.25) is 5.10 Å². The highest BCUT2D eigenvalue weighted by Gasteiger charge is 2.07. The lowest BCUT2D eigenvalue weighted by molar-refractivity contribution is 0.973. The largest absolute Gasteiger partial charge is 0.257 e. The van der Waals surface area contributed by atoms with E-state index in [-0.39, 0.29) is 0 Å². The van der Waals surface area contributed by atoms with Crippen LogP contribution in [0, 0.1) is 0 Å². The van der Waals surface area contributed by atoms with Crippen molar-refractivity contribution in [1.82, 2.24) is 15.2 Å². The second-order valence-electron chi connectivity index (χ2n) is 3.86. The van der Waals surface area contributed by atoms with Gasteiger partial charge in [-0.1, -0.05) is 41.6 Å². The number of hydrogen-bond donors (Lipinski definition) is 1. The molecule has 2 aromatic heterocycles. The molecule has 96 valence electrons. The van der Waals surface area contributed by atoms with Crippen molar-refractivity contribution in [2.75, 3.05) is 0 Å². The molecule has 0 aliphatic rings. The van der Waals surface area contributed by atoms with Crippen LogP contribution in [0.3, 0.4) is 0 Å². The van der Waals surface area contributed by atoms with Crippen molar-refractivity contribution in [1.29, 1.82) is 0 Å². The van der Waals surface area contributed by atoms with Crippen LogP contribution in [0.2, 0.25) is 5.02 Å². The van der Waals surface area contributed by atoms with Crippen molar-refractivity contribution in [2.24, 2.45) is 0 Å². The first-order chi connectivity index (χ1) is 9.31. The van der Waals surface area contributed by atoms with Crippen LogP contribution in [0.4, 0.5) is 0 Å². The Bertz CT molecular complexity index is 647. The summed E-state index contributed by atoms with van der Waals surface area (Å²) in [6.07, 6.45) is 0. The smallest absolute Gasteiger partial charge is 0.209 e. The Kier molecular flexibility index (Phi) is 3.87. The topological polar surface area (TPSA) is 41.6 Å². The molecule has 0 fully saturated rings. The number of hydrogen-bond acceptors (Lipinski definition) is 4. The standard InChI is InChI=1S/C13H10ClN3S2/c14-10-5-3-9(4-6-10)8-19-13-15-12(16-17-13)11-2-1-7-18-11/h1-7H,8H2,(H,15,16,17). The molecule has 0 amide bonds. The van der Waals surface area contributed by atoms with Crippen LogP contribution in [0.25, 0.3) is 10.7 Å². The predicted octanol–water partition coefficient (Wildman–Crippen LogP) is 4.48. The normalized spacial score (nSPS) is 10.8. The number of benzene rings is 1. The molecular formula is C13H10ClN3S2. The third kappa shape index (κ3) is 3.18. The van der Waals surface area contributed by atoms with Crippen LogP contribution in [0.15, 0.2) is 46.9 Å². The Balaban J connectivity index is 1.66. The second kappa shape index (κ2) is 5.77. The van der Waals surface area contributed by atoms with Gasteiger partial charge in [-0.15, -0.1) is 16.4 Å². The monoisotopic (exact) mass is 307 g/mol. The van der Waals surface area contributed by atoms with Gasteiger partial charge in [0.2, 0.25) is 5.16 Å². The zero-order chi connectivity index (χ0) is 13.1. The van der Waals surface area contributed by atoms with E-state index in [0.29, 0.717) is 0 Å². The third-order valence-corrected chi connectivity index (χ3v) is 4.55. The Morgan fingerprint density at radius 1 is 1.21 bits per heavy atom. The first-order valence-electron chi connectivity index (χ1n) is 5.65. The number of nitrogens with zero attached hydrogens (tertiary/aromatic N) is 2. The van der Waals surface area contributed by atoms with E-state index in [4.69, 9.17) is 11.6 Å². The van der Waals surface area contributed by atoms with Gasteiger partial charge in [0.25, 0.3) is 0 Å². The first kappa shape index (κ1) is 12.7. The molecule has 0 atom stereocenters. The number of aromatic amines is 1. The van der Waals surface area contributed by atoms with Gasteiger partial charge in [-0.05, 0) is 29.1 Å². The van der Waals surface area contributed by atoms with Gasteiger partial charge in [-0.25, -0.2) is 4.98 Å². The summed E-state index contributed by atoms with van der Waals surface area (Å²) in [6.45, 7) is 0. The molecule has 3 nitrogen and oxygen atoms in total. The summed E-state index contributed by atoms with van der Waals surface area (Å²) in [6, 6.07) is 11.9. The average Bonchev–Trinajstić information content (AvgIpc) is 3.09. The summed E-state index contributed by atoms with van der Waals surface area (Å²) in [5, 5.41) is 10.7. The number of halogens is 1. The molecule has 0 aliphatic carbocycles. The van der Waals surface area contributed by atoms with Crippen LogP contribution < -0.4 is 0 Å². The lowest BCUT2D eigenvalue weighted by atomic mass is 10.2. The molecule has 0 bridgehead atoms. The number of nitrogens with one attached hydrogen (secondary N) is 1. The molecule has 1 N–H and O–H groups in total. The van der Waals surface area contributed by atoms with E-state index in [1.807, 2.05) is 41.8 Å². The minimum atomic E-state index is 0.756. The van der Waals surface area contributed by atoms with Gasteiger partial charge in [0, 0.05) is 10.8 Å². The molecule has 2 heterocycles. The Hall–Kier alpha value is -1.30. The summed E-state index contributed by atoms with van der Waals surface area (Å²) in [7, 11) is 0. The molecule has 0 saturated carbocycles. The summed E-state index contributed by atoms with van der Waals surface area (Å²) < 4.78 is 0. The maximum absolute atomic E-state index is 5.85. The Morgan fingerprint density at radius 2 is 2.05 bits per heavy atom. The Morgan fingerprint density at radius 3 is 2.79 bits per heavy atom. The van der Waals surface area contributed by atoms with E-state index in [2.05, 4.69) is 15.2 Å². The molecule has 1 aromatic carbocycles. The average molecular weight is 308 g/mol. The summed E-state index contributed by atoms with van der Waals surface area (Å²) in [5.41, 5.74) is 1.21. The summed E-state index contributed by atoms with van der Waals surface area (Å²) >= 11 is 9.11. The van der Waals surface area contributed by atoms with Crippen molar-refractivity contribution >= 4 is 34.7 Å². The van der Waals surface area contributed by atoms with Gasteiger partial charge in [-0.2, -0.15) is 0 Å². The minimum Gasteiger partial charge on any atom is -0.257 e. The molecular weight excluding hydrogens is 298 g/mol. The quantitative estimate of drug-likeness (QED) is 0.723. The second-order valence-corrected chi connectivity index (χ2v) is 6.19. The highest BCUT2D eigenvalue weighted by Crippen LogP contribution is 2.25. The molecule has 19 heavy (non-hydrogen) atoms. The van der Waals surface area contributed by atoms with Crippen molar-refractivity contribution in [2.45, 2.75) is 10.9 Å². The van der Waals surface area contributed by atoms with Crippen molar-refractivity contribution in [3.63, 3.8) is 0 Å². The van der Waals surface area contributed by atoms with Gasteiger partial charge in [0.05, 0.1) is 4.88 Å². The van der Waals surface area contributed by atoms with E-state index in [9.17, 15) is 0 Å². The summed E-state index contributed by atoms with van der Waals surface area (Å²) in [4.78, 5) is 5.57. The van der Waals surface area contributed by atoms with Crippen LogP contribution in [-0.2, 0) is 5.75 Å². The van der Waals surface area contributed by atoms with E-state index >= 15 is 0 Å². The highest BCUT2D eigenvalue weighted by atomic mass is 35.5. The molecule has 0 unspecified atom stereocenters. The molecule has 3 aromatic rings. The number of aromatic nitrogens is 3. The van der Waals surface area contributed by atoms with Crippen LogP contribution in [0.1, 0.15) is 5.56 Å². The molecule has 0 radical (unpaired) electrons. The molecule has 0 aliphatic heterocycles. The highest BCUT2D eigenvalue weighted by molar-refractivity contribution is 7.98. The van der Waals surface area contributed by atoms with Crippen molar-refractivity contribution < 1.29 is 0 Å². The van der Waals surface area contributed by atoms with E-state index in [1.165, 1.54) is 5.56 Å². The molecule has 3 rings (SSSR count). The molecule has 0 spiro atoms. The number of thioether (sulfide) groups is 1. The van der Waals surface area contributed by atoms with E-state index in [0.717, 1.165) is 26.6 Å². The number of rotatable bonds is 4. The van der Waals surface area contributed by atoms with Crippen LogP contribution >= 0.6 is 34.7 Å². The van der Waals surface area contributed by atoms with Gasteiger partial charge in [0.1, 0.15) is 0 Å². The first-order valence-corrected chi connectivity index (χ1v) is 7.89. The zero-order valence-corrected chi connectivity index (χ0v) is 12.2. The van der Waals surface area contributed by atoms with Crippen molar-refractivity contribution in [3.05, 3.63) is 52.4 Å². The maximum Gasteiger partial charge on any atom is 0.209 e. The SMILES string of the molecule is Clc1ccc(CSc2n[nH]c(-c3cccs3)n2)cc1. The Labute approximate surface area is 124 Å². The minimum absolute atomic E-state index is 0.756. The van der Waals surface area contributed by atoms with Gasteiger partial charge >= 0.3 is 0 Å². The lowest BCUT2D eigenvalue weighted by Gasteiger charge is -1.98. The van der Waals surface area contributed by atoms with Crippen LogP contribution in [-0.4, -0.2) is 15.2 Å². The van der Waals surface area contributed by atoms with E-state index < -0.39 is 0 Å². The fraction of sp³-hybridized carbons (Fsp3) is 0.0769. The zero-order valence-electron chi connectivity index (χ0n) is 9.84. The third-order valence-electron chi connectivity index (χ3n) is 2.50. The lowest BCUT2D eigenvalue weighted by Crippen LogP contribution is -1.81. The van der Waals surface area contributed by atoms with Gasteiger partial charge in [0.15, 0.2) is 5.82 Å². The fourth-order valence-corrected chi connectivity index (χ4v) is 3.11. The number of H-pyrrole nitrogens is 1. The van der Waals surface area contributed by atoms with Crippen molar-refractivity contribution in [3.8, 4) is 10.7 Å². The summed E-state index contributed by atoms with van der Waals surface area (Å²) in [5.74, 6) is 1.66.